The highest BCUT2D eigenvalue weighted by molar-refractivity contribution is 6.02. The highest BCUT2D eigenvalue weighted by Crippen LogP contribution is 2.45. The minimum atomic E-state index is -1.06. The lowest BCUT2D eigenvalue weighted by Gasteiger charge is -2.44. The topological polar surface area (TPSA) is 126 Å². The van der Waals surface area contributed by atoms with Crippen LogP contribution in [0, 0.1) is 23.1 Å². The zero-order valence-electron chi connectivity index (χ0n) is 14.8. The van der Waals surface area contributed by atoms with Crippen LogP contribution in [0.1, 0.15) is 28.7 Å². The number of aliphatic imine (C=N–C) groups is 1. The van der Waals surface area contributed by atoms with Gasteiger partial charge in [-0.1, -0.05) is 6.08 Å². The fraction of sp³-hybridized carbons (Fsp3) is 0.211. The molecule has 0 unspecified atom stereocenters. The van der Waals surface area contributed by atoms with E-state index in [1.165, 1.54) is 30.5 Å². The molecule has 0 fully saturated rings. The lowest BCUT2D eigenvalue weighted by molar-refractivity contribution is 0.0846. The van der Waals surface area contributed by atoms with E-state index in [2.05, 4.69) is 20.3 Å². The molecule has 0 radical (unpaired) electrons. The summed E-state index contributed by atoms with van der Waals surface area (Å²) >= 11 is 0. The number of nitrogens with one attached hydrogen (secondary N) is 1. The smallest absolute Gasteiger partial charge is 0.283 e. The third kappa shape index (κ3) is 2.85. The summed E-state index contributed by atoms with van der Waals surface area (Å²) in [6, 6.07) is 7.36. The minimum Gasteiger partial charge on any atom is -0.457 e. The molecule has 28 heavy (non-hydrogen) atoms. The Labute approximate surface area is 159 Å². The van der Waals surface area contributed by atoms with Crippen molar-refractivity contribution in [1.29, 1.82) is 5.26 Å². The predicted molar refractivity (Wildman–Crippen MR) is 97.6 cm³/mol. The molecule has 4 rings (SSSR count). The van der Waals surface area contributed by atoms with Gasteiger partial charge in [0, 0.05) is 12.1 Å². The summed E-state index contributed by atoms with van der Waals surface area (Å²) in [5.41, 5.74) is 5.19. The van der Waals surface area contributed by atoms with Gasteiger partial charge in [-0.2, -0.15) is 5.26 Å². The number of pyridine rings is 2. The van der Waals surface area contributed by atoms with E-state index in [0.29, 0.717) is 5.56 Å². The van der Waals surface area contributed by atoms with E-state index in [1.807, 2.05) is 18.2 Å². The molecule has 2 aliphatic rings. The number of hydrogen-bond acceptors (Lipinski definition) is 7. The van der Waals surface area contributed by atoms with E-state index < -0.39 is 17.3 Å². The van der Waals surface area contributed by atoms with E-state index in [1.54, 1.807) is 6.92 Å². The molecule has 0 saturated carbocycles. The van der Waals surface area contributed by atoms with E-state index in [9.17, 15) is 9.18 Å². The number of carbonyl (C=O) groups excluding carboxylic acids is 1. The van der Waals surface area contributed by atoms with E-state index in [-0.39, 0.29) is 35.2 Å². The molecule has 1 amide bonds. The Bertz CT molecular complexity index is 1060. The molecule has 3 heterocycles. The van der Waals surface area contributed by atoms with Gasteiger partial charge in [0.05, 0.1) is 5.56 Å². The normalized spacial score (nSPS) is 24.8. The molecule has 0 bridgehead atoms. The van der Waals surface area contributed by atoms with Crippen LogP contribution >= 0.6 is 0 Å². The van der Waals surface area contributed by atoms with Crippen LogP contribution in [-0.4, -0.2) is 28.0 Å². The van der Waals surface area contributed by atoms with Crippen LogP contribution in [0.25, 0.3) is 0 Å². The molecule has 0 saturated heterocycles. The van der Waals surface area contributed by atoms with Crippen molar-refractivity contribution in [3.8, 4) is 6.07 Å². The first-order valence-corrected chi connectivity index (χ1v) is 8.45. The first-order valence-electron chi connectivity index (χ1n) is 8.45. The number of nitrogens with zero attached hydrogens (tertiary/aromatic N) is 4. The van der Waals surface area contributed by atoms with Crippen molar-refractivity contribution in [2.45, 2.75) is 18.6 Å². The van der Waals surface area contributed by atoms with Gasteiger partial charge < -0.3 is 15.8 Å². The van der Waals surface area contributed by atoms with Gasteiger partial charge >= 0.3 is 0 Å². The molecule has 9 heteroatoms. The van der Waals surface area contributed by atoms with Crippen LogP contribution < -0.4 is 11.1 Å². The van der Waals surface area contributed by atoms with Gasteiger partial charge in [-0.3, -0.25) is 4.79 Å². The van der Waals surface area contributed by atoms with Gasteiger partial charge in [0.15, 0.2) is 0 Å². The second-order valence-corrected chi connectivity index (χ2v) is 6.62. The molecule has 1 aliphatic heterocycles. The van der Waals surface area contributed by atoms with Gasteiger partial charge in [0.1, 0.15) is 40.7 Å². The molecular formula is C19H15FN6O2. The summed E-state index contributed by atoms with van der Waals surface area (Å²) in [5.74, 6) is -1.16. The Morgan fingerprint density at radius 1 is 1.36 bits per heavy atom. The van der Waals surface area contributed by atoms with E-state index in [4.69, 9.17) is 15.7 Å². The van der Waals surface area contributed by atoms with Crippen molar-refractivity contribution in [3.63, 3.8) is 0 Å². The number of amides is 1. The molecule has 140 valence electrons. The molecule has 2 aromatic heterocycles. The number of halogens is 1. The molecule has 3 atom stereocenters. The van der Waals surface area contributed by atoms with Gasteiger partial charge in [0.25, 0.3) is 11.9 Å². The quantitative estimate of drug-likeness (QED) is 0.785. The molecular weight excluding hydrogens is 363 g/mol. The Kier molecular flexibility index (Phi) is 4.04. The molecule has 8 nitrogen and oxygen atoms in total. The lowest BCUT2D eigenvalue weighted by Crippen LogP contribution is -2.50. The predicted octanol–water partition coefficient (Wildman–Crippen LogP) is 1.85. The van der Waals surface area contributed by atoms with E-state index >= 15 is 0 Å². The fourth-order valence-corrected chi connectivity index (χ4v) is 3.25. The van der Waals surface area contributed by atoms with Gasteiger partial charge in [-0.25, -0.2) is 19.4 Å². The maximum atomic E-state index is 14.6. The molecule has 2 aromatic rings. The number of aromatic nitrogens is 2. The number of nitriles is 1. The first kappa shape index (κ1) is 17.6. The number of fused-ring (bicyclic) bond motifs is 1. The van der Waals surface area contributed by atoms with E-state index in [0.717, 1.165) is 0 Å². The summed E-state index contributed by atoms with van der Waals surface area (Å²) in [6.07, 6.45) is 4.70. The number of rotatable bonds is 3. The van der Waals surface area contributed by atoms with Crippen LogP contribution in [0.2, 0.25) is 0 Å². The van der Waals surface area contributed by atoms with Crippen molar-refractivity contribution in [2.75, 3.05) is 5.32 Å². The molecule has 0 spiro atoms. The summed E-state index contributed by atoms with van der Waals surface area (Å²) in [4.78, 5) is 24.9. The molecule has 1 aliphatic carbocycles. The summed E-state index contributed by atoms with van der Waals surface area (Å²) in [7, 11) is 0. The largest absolute Gasteiger partial charge is 0.457 e. The first-order chi connectivity index (χ1) is 13.4. The third-order valence-electron chi connectivity index (χ3n) is 4.80. The van der Waals surface area contributed by atoms with Crippen molar-refractivity contribution >= 4 is 17.7 Å². The third-order valence-corrected chi connectivity index (χ3v) is 4.80. The minimum absolute atomic E-state index is 0.0366. The fourth-order valence-electron chi connectivity index (χ4n) is 3.25. The van der Waals surface area contributed by atoms with Crippen LogP contribution in [0.3, 0.4) is 0 Å². The van der Waals surface area contributed by atoms with Crippen LogP contribution in [0.5, 0.6) is 0 Å². The zero-order valence-corrected chi connectivity index (χ0v) is 14.8. The number of amidine groups is 1. The maximum absolute atomic E-state index is 14.6. The zero-order chi connectivity index (χ0) is 19.9. The number of carbonyl (C=O) groups is 1. The van der Waals surface area contributed by atoms with Crippen molar-refractivity contribution in [2.24, 2.45) is 16.6 Å². The van der Waals surface area contributed by atoms with Crippen LogP contribution in [0.15, 0.2) is 47.6 Å². The monoisotopic (exact) mass is 378 g/mol. The highest BCUT2D eigenvalue weighted by Gasteiger charge is 2.49. The number of anilines is 1. The molecule has 3 N–H and O–H groups in total. The Hall–Kier alpha value is -3.80. The second-order valence-electron chi connectivity index (χ2n) is 6.62. The Balaban J connectivity index is 1.64. The van der Waals surface area contributed by atoms with Crippen molar-refractivity contribution in [3.05, 3.63) is 65.4 Å². The average Bonchev–Trinajstić information content (AvgIpc) is 2.65. The maximum Gasteiger partial charge on any atom is 0.283 e. The highest BCUT2D eigenvalue weighted by atomic mass is 19.1. The second kappa shape index (κ2) is 6.42. The van der Waals surface area contributed by atoms with Crippen molar-refractivity contribution in [1.82, 2.24) is 9.97 Å². The van der Waals surface area contributed by atoms with Gasteiger partial charge in [-0.05, 0) is 37.3 Å². The summed E-state index contributed by atoms with van der Waals surface area (Å²) in [5, 5.41) is 11.4. The number of ether oxygens (including phenoxy) is 1. The van der Waals surface area contributed by atoms with Crippen LogP contribution in [0.4, 0.5) is 10.2 Å². The van der Waals surface area contributed by atoms with Crippen LogP contribution in [-0.2, 0) is 10.3 Å². The standard InChI is InChI=1S/C19H15FN6O2/c1-19(11-3-6-14(11)28-18(22)26-19)16-12(20)4-7-15(24-16)25-17(27)13-5-2-10(8-21)9-23-13/h2-7,9,11,14H,1H3,(H2,22,26)(H,24,25,27)/t11-,14+,19-/m0/s1. The van der Waals surface area contributed by atoms with Gasteiger partial charge in [-0.15, -0.1) is 0 Å². The van der Waals surface area contributed by atoms with Gasteiger partial charge in [0.2, 0.25) is 0 Å². The number of nitrogens with two attached hydrogens (primary N) is 1. The summed E-state index contributed by atoms with van der Waals surface area (Å²) in [6.45, 7) is 1.72. The molecule has 0 aromatic carbocycles. The lowest BCUT2D eigenvalue weighted by atomic mass is 9.72. The Morgan fingerprint density at radius 2 is 2.18 bits per heavy atom. The average molecular weight is 378 g/mol. The SMILES string of the molecule is C[C@]1(c2nc(NC(=O)c3ccc(C#N)cn3)ccc2F)N=C(N)O[C@@H]2C=C[C@@H]21. The summed E-state index contributed by atoms with van der Waals surface area (Å²) < 4.78 is 20.0. The van der Waals surface area contributed by atoms with Crippen molar-refractivity contribution < 1.29 is 13.9 Å². The Morgan fingerprint density at radius 3 is 2.82 bits per heavy atom. The number of hydrogen-bond donors (Lipinski definition) is 2.